The van der Waals surface area contributed by atoms with Crippen LogP contribution in [0.15, 0.2) is 40.7 Å². The van der Waals surface area contributed by atoms with E-state index in [0.29, 0.717) is 22.9 Å². The second kappa shape index (κ2) is 6.88. The number of carbonyl (C=O) groups is 1. The maximum Gasteiger partial charge on any atom is 0.235 e. The Labute approximate surface area is 152 Å². The molecular formula is C18H22N2O3S2. The van der Waals surface area contributed by atoms with Gasteiger partial charge >= 0.3 is 0 Å². The quantitative estimate of drug-likeness (QED) is 0.837. The number of thiazole rings is 1. The number of aromatic nitrogens is 1. The van der Waals surface area contributed by atoms with Gasteiger partial charge in [0.05, 0.1) is 4.90 Å². The zero-order valence-electron chi connectivity index (χ0n) is 14.1. The minimum atomic E-state index is -3.29. The average Bonchev–Trinajstić information content (AvgIpc) is 3.25. The van der Waals surface area contributed by atoms with Crippen LogP contribution in [0.25, 0.3) is 0 Å². The number of rotatable bonds is 6. The van der Waals surface area contributed by atoms with Gasteiger partial charge in [0.2, 0.25) is 5.91 Å². The number of primary amides is 1. The molecule has 0 aliphatic heterocycles. The molecule has 0 saturated heterocycles. The first-order valence-electron chi connectivity index (χ1n) is 8.34. The summed E-state index contributed by atoms with van der Waals surface area (Å²) in [4.78, 5) is 17.3. The summed E-state index contributed by atoms with van der Waals surface area (Å²) in [6.07, 6.45) is 7.98. The van der Waals surface area contributed by atoms with Gasteiger partial charge in [0.25, 0.3) is 0 Å². The Kier molecular flexibility index (Phi) is 4.97. The second-order valence-electron chi connectivity index (χ2n) is 6.76. The van der Waals surface area contributed by atoms with Crippen LogP contribution in [0, 0.1) is 5.92 Å². The maximum atomic E-state index is 12.7. The predicted octanol–water partition coefficient (Wildman–Crippen LogP) is 2.90. The molecule has 25 heavy (non-hydrogen) atoms. The summed E-state index contributed by atoms with van der Waals surface area (Å²) in [7, 11) is -3.29. The Hall–Kier alpha value is -1.73. The first-order valence-corrected chi connectivity index (χ1v) is 11.1. The van der Waals surface area contributed by atoms with E-state index in [1.54, 1.807) is 30.5 Å². The summed E-state index contributed by atoms with van der Waals surface area (Å²) in [5, 5.41) is 2.52. The zero-order chi connectivity index (χ0) is 18.1. The van der Waals surface area contributed by atoms with Crippen LogP contribution in [0.1, 0.15) is 42.7 Å². The lowest BCUT2D eigenvalue weighted by Crippen LogP contribution is -2.43. The molecule has 1 amide bonds. The molecule has 1 heterocycles. The van der Waals surface area contributed by atoms with Gasteiger partial charge in [-0.1, -0.05) is 37.8 Å². The van der Waals surface area contributed by atoms with Crippen molar-refractivity contribution in [3.8, 4) is 0 Å². The van der Waals surface area contributed by atoms with E-state index < -0.39 is 21.2 Å². The predicted molar refractivity (Wildman–Crippen MR) is 98.2 cm³/mol. The van der Waals surface area contributed by atoms with E-state index in [1.807, 2.05) is 5.38 Å². The summed E-state index contributed by atoms with van der Waals surface area (Å²) < 4.78 is 23.5. The minimum Gasteiger partial charge on any atom is -0.369 e. The van der Waals surface area contributed by atoms with Crippen molar-refractivity contribution in [2.45, 2.75) is 42.4 Å². The van der Waals surface area contributed by atoms with Crippen LogP contribution in [-0.2, 0) is 20.0 Å². The smallest absolute Gasteiger partial charge is 0.235 e. The normalized spacial score (nSPS) is 18.1. The fourth-order valence-corrected chi connectivity index (χ4v) is 5.25. The van der Waals surface area contributed by atoms with E-state index in [2.05, 4.69) is 4.98 Å². The van der Waals surface area contributed by atoms with Crippen molar-refractivity contribution in [3.05, 3.63) is 46.4 Å². The number of benzene rings is 1. The van der Waals surface area contributed by atoms with E-state index in [4.69, 9.17) is 5.73 Å². The van der Waals surface area contributed by atoms with Crippen molar-refractivity contribution < 1.29 is 13.2 Å². The van der Waals surface area contributed by atoms with Crippen LogP contribution in [0.4, 0.5) is 0 Å². The number of hydrogen-bond acceptors (Lipinski definition) is 5. The summed E-state index contributed by atoms with van der Waals surface area (Å²) in [5.41, 5.74) is 5.62. The second-order valence-corrected chi connectivity index (χ2v) is 9.67. The van der Waals surface area contributed by atoms with E-state index in [-0.39, 0.29) is 4.90 Å². The topological polar surface area (TPSA) is 90.1 Å². The largest absolute Gasteiger partial charge is 0.369 e. The van der Waals surface area contributed by atoms with Crippen LogP contribution in [0.3, 0.4) is 0 Å². The number of nitrogens with zero attached hydrogens (tertiary/aromatic N) is 1. The third-order valence-electron chi connectivity index (χ3n) is 5.06. The molecule has 1 atom stereocenters. The molecule has 5 nitrogen and oxygen atoms in total. The van der Waals surface area contributed by atoms with E-state index in [0.717, 1.165) is 12.8 Å². The molecule has 0 radical (unpaired) electrons. The standard InChI is InChI=1S/C18H22N2O3S2/c1-25(22,23)15-8-6-14(7-9-15)18(16(19)21,17-20-10-11-24-17)12-13-4-2-3-5-13/h6-11,13H,2-5,12H2,1H3,(H2,19,21)/t18-/m1/s1. The van der Waals surface area contributed by atoms with Crippen molar-refractivity contribution in [1.29, 1.82) is 0 Å². The van der Waals surface area contributed by atoms with Gasteiger partial charge in [0.15, 0.2) is 9.84 Å². The summed E-state index contributed by atoms with van der Waals surface area (Å²) in [6.45, 7) is 0. The first kappa shape index (κ1) is 18.1. The third-order valence-corrected chi connectivity index (χ3v) is 7.13. The van der Waals surface area contributed by atoms with E-state index >= 15 is 0 Å². The van der Waals surface area contributed by atoms with Crippen LogP contribution in [0.5, 0.6) is 0 Å². The Morgan fingerprint density at radius 3 is 2.40 bits per heavy atom. The number of carbonyl (C=O) groups excluding carboxylic acids is 1. The van der Waals surface area contributed by atoms with Gasteiger partial charge in [-0.15, -0.1) is 11.3 Å². The van der Waals surface area contributed by atoms with Gasteiger partial charge < -0.3 is 5.73 Å². The van der Waals surface area contributed by atoms with Gasteiger partial charge in [-0.2, -0.15) is 0 Å². The van der Waals surface area contributed by atoms with Crippen molar-refractivity contribution in [2.24, 2.45) is 11.7 Å². The van der Waals surface area contributed by atoms with Crippen molar-refractivity contribution >= 4 is 27.1 Å². The molecule has 2 N–H and O–H groups in total. The molecule has 1 aromatic heterocycles. The lowest BCUT2D eigenvalue weighted by Gasteiger charge is -2.32. The number of nitrogens with two attached hydrogens (primary N) is 1. The molecule has 1 fully saturated rings. The first-order chi connectivity index (χ1) is 11.8. The molecule has 0 unspecified atom stereocenters. The number of amides is 1. The molecule has 3 rings (SSSR count). The molecule has 134 valence electrons. The summed E-state index contributed by atoms with van der Waals surface area (Å²) in [5.74, 6) is -0.00700. The van der Waals surface area contributed by atoms with Gasteiger partial charge in [-0.05, 0) is 30.0 Å². The van der Waals surface area contributed by atoms with E-state index in [1.165, 1.54) is 30.4 Å². The molecular weight excluding hydrogens is 356 g/mol. The molecule has 7 heteroatoms. The highest BCUT2D eigenvalue weighted by molar-refractivity contribution is 7.90. The van der Waals surface area contributed by atoms with Crippen LogP contribution in [0.2, 0.25) is 0 Å². The van der Waals surface area contributed by atoms with Crippen molar-refractivity contribution in [1.82, 2.24) is 4.98 Å². The Bertz CT molecular complexity index is 839. The Morgan fingerprint density at radius 2 is 1.92 bits per heavy atom. The van der Waals surface area contributed by atoms with Gasteiger partial charge in [-0.25, -0.2) is 13.4 Å². The average molecular weight is 379 g/mol. The SMILES string of the molecule is CS(=O)(=O)c1ccc([C@](CC2CCCC2)(C(N)=O)c2nccs2)cc1. The molecule has 0 bridgehead atoms. The van der Waals surface area contributed by atoms with E-state index in [9.17, 15) is 13.2 Å². The zero-order valence-corrected chi connectivity index (χ0v) is 15.8. The monoisotopic (exact) mass is 378 g/mol. The molecule has 2 aromatic rings. The van der Waals surface area contributed by atoms with Crippen LogP contribution < -0.4 is 5.73 Å². The number of hydrogen-bond donors (Lipinski definition) is 1. The molecule has 1 saturated carbocycles. The fourth-order valence-electron chi connectivity index (χ4n) is 3.75. The molecule has 0 spiro atoms. The minimum absolute atomic E-state index is 0.231. The maximum absolute atomic E-state index is 12.7. The highest BCUT2D eigenvalue weighted by atomic mass is 32.2. The fraction of sp³-hybridized carbons (Fsp3) is 0.444. The van der Waals surface area contributed by atoms with Crippen molar-refractivity contribution in [3.63, 3.8) is 0 Å². The number of sulfone groups is 1. The lowest BCUT2D eigenvalue weighted by atomic mass is 9.73. The molecule has 1 aliphatic rings. The Morgan fingerprint density at radius 1 is 1.28 bits per heavy atom. The van der Waals surface area contributed by atoms with Crippen molar-refractivity contribution in [2.75, 3.05) is 6.26 Å². The lowest BCUT2D eigenvalue weighted by molar-refractivity contribution is -0.122. The molecule has 1 aliphatic carbocycles. The Balaban J connectivity index is 2.11. The van der Waals surface area contributed by atoms with Gasteiger partial charge in [0.1, 0.15) is 10.4 Å². The van der Waals surface area contributed by atoms with Crippen LogP contribution in [-0.4, -0.2) is 25.6 Å². The highest BCUT2D eigenvalue weighted by Gasteiger charge is 2.45. The van der Waals surface area contributed by atoms with Gasteiger partial charge in [0, 0.05) is 17.8 Å². The van der Waals surface area contributed by atoms with Gasteiger partial charge in [-0.3, -0.25) is 4.79 Å². The van der Waals surface area contributed by atoms with Crippen LogP contribution >= 0.6 is 11.3 Å². The third kappa shape index (κ3) is 3.48. The molecule has 1 aromatic carbocycles. The summed E-state index contributed by atoms with van der Waals surface area (Å²) >= 11 is 1.42. The highest BCUT2D eigenvalue weighted by Crippen LogP contribution is 2.43. The summed E-state index contributed by atoms with van der Waals surface area (Å²) in [6, 6.07) is 6.50.